The molecule has 0 unspecified atom stereocenters. The van der Waals surface area contributed by atoms with Gasteiger partial charge in [0.1, 0.15) is 18.2 Å². The van der Waals surface area contributed by atoms with E-state index in [1.165, 1.54) is 24.3 Å². The van der Waals surface area contributed by atoms with E-state index >= 15 is 0 Å². The van der Waals surface area contributed by atoms with Crippen molar-refractivity contribution in [3.05, 3.63) is 95.9 Å². The standard InChI is InChI=1S/C28H24FNO4/c1-18(2)30-24-7-4-3-6-23(24)26(19-9-13-21(29)14-10-19)25(30)8-5-17-34-22-15-11-20(12-16-22)27(31)28(32)33/h3-16,18H,17H2,1-2H3,(H,32,33). The summed E-state index contributed by atoms with van der Waals surface area (Å²) in [5.74, 6) is -2.21. The Hall–Kier alpha value is -4.19. The molecule has 1 heterocycles. The zero-order valence-electron chi connectivity index (χ0n) is 18.9. The van der Waals surface area contributed by atoms with Gasteiger partial charge in [0, 0.05) is 33.8 Å². The monoisotopic (exact) mass is 457 g/mol. The number of Topliss-reactive ketones (excluding diaryl/α,β-unsaturated/α-hetero) is 1. The number of hydrogen-bond acceptors (Lipinski definition) is 3. The maximum absolute atomic E-state index is 13.6. The van der Waals surface area contributed by atoms with Gasteiger partial charge in [-0.3, -0.25) is 4.79 Å². The van der Waals surface area contributed by atoms with Gasteiger partial charge in [-0.25, -0.2) is 9.18 Å². The lowest BCUT2D eigenvalue weighted by atomic mass is 10.0. The highest BCUT2D eigenvalue weighted by Crippen LogP contribution is 2.37. The van der Waals surface area contributed by atoms with Crippen molar-refractivity contribution in [1.29, 1.82) is 0 Å². The second kappa shape index (κ2) is 9.75. The van der Waals surface area contributed by atoms with Crippen LogP contribution in [-0.2, 0) is 4.79 Å². The number of para-hydroxylation sites is 1. The highest BCUT2D eigenvalue weighted by molar-refractivity contribution is 6.39. The average Bonchev–Trinajstić information content (AvgIpc) is 3.16. The molecular formula is C28H24FNO4. The molecule has 0 aliphatic heterocycles. The molecule has 0 saturated carbocycles. The molecular weight excluding hydrogens is 433 g/mol. The molecule has 0 atom stereocenters. The molecule has 172 valence electrons. The van der Waals surface area contributed by atoms with Crippen LogP contribution in [-0.4, -0.2) is 28.0 Å². The van der Waals surface area contributed by atoms with Gasteiger partial charge >= 0.3 is 5.97 Å². The van der Waals surface area contributed by atoms with Gasteiger partial charge in [-0.2, -0.15) is 0 Å². The van der Waals surface area contributed by atoms with Crippen LogP contribution in [0, 0.1) is 5.82 Å². The minimum Gasteiger partial charge on any atom is -0.490 e. The Morgan fingerprint density at radius 1 is 1.00 bits per heavy atom. The zero-order chi connectivity index (χ0) is 24.2. The Kier molecular flexibility index (Phi) is 6.59. The van der Waals surface area contributed by atoms with Crippen LogP contribution in [0.5, 0.6) is 5.75 Å². The Bertz CT molecular complexity index is 1370. The summed E-state index contributed by atoms with van der Waals surface area (Å²) in [7, 11) is 0. The molecule has 6 heteroatoms. The van der Waals surface area contributed by atoms with Crippen molar-refractivity contribution < 1.29 is 23.8 Å². The Morgan fingerprint density at radius 2 is 1.68 bits per heavy atom. The summed E-state index contributed by atoms with van der Waals surface area (Å²) in [5.41, 5.74) is 4.14. The summed E-state index contributed by atoms with van der Waals surface area (Å²) < 4.78 is 21.6. The molecule has 0 bridgehead atoms. The molecule has 0 aliphatic rings. The van der Waals surface area contributed by atoms with E-state index in [0.29, 0.717) is 5.75 Å². The number of carboxylic acid groups (broad SMARTS) is 1. The number of carbonyl (C=O) groups excluding carboxylic acids is 1. The molecule has 0 saturated heterocycles. The van der Waals surface area contributed by atoms with E-state index in [1.54, 1.807) is 24.3 Å². The van der Waals surface area contributed by atoms with Crippen molar-refractivity contribution in [3.8, 4) is 16.9 Å². The fourth-order valence-corrected chi connectivity index (χ4v) is 4.05. The third-order valence-electron chi connectivity index (χ3n) is 5.53. The van der Waals surface area contributed by atoms with E-state index in [0.717, 1.165) is 27.7 Å². The minimum atomic E-state index is -1.49. The normalized spacial score (nSPS) is 11.4. The largest absolute Gasteiger partial charge is 0.490 e. The molecule has 0 aliphatic carbocycles. The van der Waals surface area contributed by atoms with E-state index in [1.807, 2.05) is 24.3 Å². The fourth-order valence-electron chi connectivity index (χ4n) is 4.05. The molecule has 34 heavy (non-hydrogen) atoms. The van der Waals surface area contributed by atoms with Crippen LogP contribution < -0.4 is 4.74 Å². The number of aromatic nitrogens is 1. The summed E-state index contributed by atoms with van der Waals surface area (Å²) in [4.78, 5) is 22.3. The van der Waals surface area contributed by atoms with E-state index < -0.39 is 11.8 Å². The van der Waals surface area contributed by atoms with Crippen molar-refractivity contribution in [1.82, 2.24) is 4.57 Å². The molecule has 1 aromatic heterocycles. The molecule has 0 spiro atoms. The Labute approximate surface area is 196 Å². The van der Waals surface area contributed by atoms with Gasteiger partial charge in [-0.1, -0.05) is 30.3 Å². The SMILES string of the molecule is CC(C)n1c(C=CCOc2ccc(C(=O)C(=O)O)cc2)c(-c2ccc(F)cc2)c2ccccc21. The van der Waals surface area contributed by atoms with Gasteiger partial charge in [-0.05, 0) is 74.0 Å². The van der Waals surface area contributed by atoms with E-state index in [2.05, 4.69) is 30.5 Å². The highest BCUT2D eigenvalue weighted by atomic mass is 19.1. The van der Waals surface area contributed by atoms with Crippen LogP contribution in [0.2, 0.25) is 0 Å². The quantitative estimate of drug-likeness (QED) is 0.246. The second-order valence-electron chi connectivity index (χ2n) is 8.12. The number of aliphatic carboxylic acids is 1. The number of halogens is 1. The lowest BCUT2D eigenvalue weighted by Crippen LogP contribution is -2.12. The van der Waals surface area contributed by atoms with Crippen LogP contribution in [0.25, 0.3) is 28.1 Å². The third-order valence-corrected chi connectivity index (χ3v) is 5.53. The van der Waals surface area contributed by atoms with Crippen LogP contribution in [0.3, 0.4) is 0 Å². The van der Waals surface area contributed by atoms with Gasteiger partial charge in [0.2, 0.25) is 0 Å². The number of benzene rings is 3. The lowest BCUT2D eigenvalue weighted by Gasteiger charge is -2.14. The number of carboxylic acids is 1. The predicted molar refractivity (Wildman–Crippen MR) is 131 cm³/mol. The Balaban J connectivity index is 1.64. The molecule has 5 nitrogen and oxygen atoms in total. The third kappa shape index (κ3) is 4.62. The first-order chi connectivity index (χ1) is 16.4. The van der Waals surface area contributed by atoms with Gasteiger partial charge in [0.05, 0.1) is 0 Å². The van der Waals surface area contributed by atoms with Crippen molar-refractivity contribution in [2.75, 3.05) is 6.61 Å². The summed E-state index contributed by atoms with van der Waals surface area (Å²) >= 11 is 0. The number of ketones is 1. The molecule has 4 aromatic rings. The summed E-state index contributed by atoms with van der Waals surface area (Å²) in [6.45, 7) is 4.51. The topological polar surface area (TPSA) is 68.5 Å². The van der Waals surface area contributed by atoms with Gasteiger partial charge in [-0.15, -0.1) is 0 Å². The molecule has 4 rings (SSSR count). The first-order valence-electron chi connectivity index (χ1n) is 10.9. The summed E-state index contributed by atoms with van der Waals surface area (Å²) in [6, 6.07) is 20.8. The van der Waals surface area contributed by atoms with E-state index in [9.17, 15) is 14.0 Å². The van der Waals surface area contributed by atoms with E-state index in [4.69, 9.17) is 9.84 Å². The maximum atomic E-state index is 13.6. The number of carbonyl (C=O) groups is 2. The summed E-state index contributed by atoms with van der Waals surface area (Å²) in [5, 5.41) is 9.89. The van der Waals surface area contributed by atoms with Crippen LogP contribution in [0.1, 0.15) is 35.9 Å². The van der Waals surface area contributed by atoms with Gasteiger partial charge in [0.15, 0.2) is 0 Å². The van der Waals surface area contributed by atoms with Crippen molar-refractivity contribution in [3.63, 3.8) is 0 Å². The highest BCUT2D eigenvalue weighted by Gasteiger charge is 2.18. The molecule has 0 radical (unpaired) electrons. The average molecular weight is 458 g/mol. The number of rotatable bonds is 8. The number of ether oxygens (including phenoxy) is 1. The molecule has 0 amide bonds. The number of fused-ring (bicyclic) bond motifs is 1. The van der Waals surface area contributed by atoms with Crippen molar-refractivity contribution in [2.45, 2.75) is 19.9 Å². The van der Waals surface area contributed by atoms with Gasteiger partial charge in [0.25, 0.3) is 5.78 Å². The smallest absolute Gasteiger partial charge is 0.377 e. The fraction of sp³-hybridized carbons (Fsp3) is 0.143. The molecule has 0 fully saturated rings. The zero-order valence-corrected chi connectivity index (χ0v) is 18.9. The van der Waals surface area contributed by atoms with Crippen LogP contribution in [0.15, 0.2) is 78.9 Å². The first kappa shape index (κ1) is 23.0. The first-order valence-corrected chi connectivity index (χ1v) is 10.9. The van der Waals surface area contributed by atoms with Crippen molar-refractivity contribution in [2.24, 2.45) is 0 Å². The maximum Gasteiger partial charge on any atom is 0.377 e. The van der Waals surface area contributed by atoms with Crippen molar-refractivity contribution >= 4 is 28.7 Å². The minimum absolute atomic E-state index is 0.0979. The predicted octanol–water partition coefficient (Wildman–Crippen LogP) is 6.39. The van der Waals surface area contributed by atoms with Crippen LogP contribution in [0.4, 0.5) is 4.39 Å². The van der Waals surface area contributed by atoms with Crippen LogP contribution >= 0.6 is 0 Å². The lowest BCUT2D eigenvalue weighted by molar-refractivity contribution is -0.131. The number of nitrogens with zero attached hydrogens (tertiary/aromatic N) is 1. The Morgan fingerprint density at radius 3 is 2.32 bits per heavy atom. The number of hydrogen-bond donors (Lipinski definition) is 1. The summed E-state index contributed by atoms with van der Waals surface area (Å²) in [6.07, 6.45) is 3.90. The van der Waals surface area contributed by atoms with Gasteiger partial charge < -0.3 is 14.4 Å². The molecule has 1 N–H and O–H groups in total. The van der Waals surface area contributed by atoms with E-state index in [-0.39, 0.29) is 24.0 Å². The second-order valence-corrected chi connectivity index (χ2v) is 8.12. The molecule has 3 aromatic carbocycles.